The highest BCUT2D eigenvalue weighted by Crippen LogP contribution is 2.32. The van der Waals surface area contributed by atoms with Crippen molar-refractivity contribution in [2.45, 2.75) is 19.9 Å². The normalized spacial score (nSPS) is 17.4. The summed E-state index contributed by atoms with van der Waals surface area (Å²) in [7, 11) is 0. The minimum atomic E-state index is 0.333. The van der Waals surface area contributed by atoms with E-state index in [-0.39, 0.29) is 0 Å². The largest absolute Gasteiger partial charge is 0.314 e. The van der Waals surface area contributed by atoms with E-state index >= 15 is 0 Å². The lowest BCUT2D eigenvalue weighted by Gasteiger charge is -2.36. The zero-order chi connectivity index (χ0) is 15.5. The molecule has 1 unspecified atom stereocenters. The molecule has 3 heteroatoms. The van der Waals surface area contributed by atoms with E-state index in [0.29, 0.717) is 6.04 Å². The van der Waals surface area contributed by atoms with Crippen molar-refractivity contribution in [3.8, 4) is 0 Å². The van der Waals surface area contributed by atoms with Crippen molar-refractivity contribution in [1.29, 1.82) is 0 Å². The third-order valence-electron chi connectivity index (χ3n) is 4.41. The molecule has 1 aliphatic rings. The Balaban J connectivity index is 2.07. The molecule has 1 atom stereocenters. The van der Waals surface area contributed by atoms with Gasteiger partial charge in [-0.25, -0.2) is 0 Å². The Hall–Kier alpha value is -1.16. The molecule has 0 spiro atoms. The molecular formula is C19H23BrN2. The van der Waals surface area contributed by atoms with Crippen LogP contribution in [-0.2, 0) is 0 Å². The highest BCUT2D eigenvalue weighted by atomic mass is 79.9. The van der Waals surface area contributed by atoms with Gasteiger partial charge in [0.05, 0.1) is 6.04 Å². The van der Waals surface area contributed by atoms with E-state index in [0.717, 1.165) is 30.7 Å². The Kier molecular flexibility index (Phi) is 4.97. The fraction of sp³-hybridized carbons (Fsp3) is 0.368. The van der Waals surface area contributed by atoms with Crippen molar-refractivity contribution in [1.82, 2.24) is 10.2 Å². The highest BCUT2D eigenvalue weighted by Gasteiger charge is 2.25. The van der Waals surface area contributed by atoms with Crippen LogP contribution in [0.25, 0.3) is 0 Å². The zero-order valence-electron chi connectivity index (χ0n) is 13.3. The summed E-state index contributed by atoms with van der Waals surface area (Å²) in [6.07, 6.45) is 0. The number of piperazine rings is 1. The van der Waals surface area contributed by atoms with Crippen LogP contribution in [0.2, 0.25) is 0 Å². The van der Waals surface area contributed by atoms with Crippen molar-refractivity contribution in [3.63, 3.8) is 0 Å². The van der Waals surface area contributed by atoms with Gasteiger partial charge in [-0.1, -0.05) is 51.8 Å². The molecule has 116 valence electrons. The maximum Gasteiger partial charge on any atom is 0.0605 e. The molecule has 0 aromatic heterocycles. The molecule has 0 radical (unpaired) electrons. The molecule has 0 bridgehead atoms. The molecule has 22 heavy (non-hydrogen) atoms. The molecule has 3 rings (SSSR count). The second-order valence-corrected chi connectivity index (χ2v) is 7.02. The minimum absolute atomic E-state index is 0.333. The van der Waals surface area contributed by atoms with Gasteiger partial charge in [-0.2, -0.15) is 0 Å². The van der Waals surface area contributed by atoms with E-state index in [1.54, 1.807) is 0 Å². The van der Waals surface area contributed by atoms with Crippen LogP contribution in [0.15, 0.2) is 46.9 Å². The summed E-state index contributed by atoms with van der Waals surface area (Å²) < 4.78 is 1.15. The number of hydrogen-bond acceptors (Lipinski definition) is 2. The predicted molar refractivity (Wildman–Crippen MR) is 96.3 cm³/mol. The second-order valence-electron chi connectivity index (χ2n) is 6.10. The number of rotatable bonds is 3. The number of halogens is 1. The van der Waals surface area contributed by atoms with Gasteiger partial charge in [0.25, 0.3) is 0 Å². The fourth-order valence-corrected chi connectivity index (χ4v) is 3.68. The second kappa shape index (κ2) is 6.95. The summed E-state index contributed by atoms with van der Waals surface area (Å²) in [5.74, 6) is 0. The van der Waals surface area contributed by atoms with Gasteiger partial charge in [0.15, 0.2) is 0 Å². The van der Waals surface area contributed by atoms with Gasteiger partial charge in [-0.05, 0) is 42.7 Å². The molecule has 2 aromatic rings. The van der Waals surface area contributed by atoms with Gasteiger partial charge < -0.3 is 5.32 Å². The Morgan fingerprint density at radius 3 is 2.55 bits per heavy atom. The van der Waals surface area contributed by atoms with Crippen LogP contribution in [0.5, 0.6) is 0 Å². The first-order chi connectivity index (χ1) is 10.6. The number of nitrogens with zero attached hydrogens (tertiary/aromatic N) is 1. The predicted octanol–water partition coefficient (Wildman–Crippen LogP) is 4.06. The van der Waals surface area contributed by atoms with Crippen LogP contribution in [-0.4, -0.2) is 31.1 Å². The molecule has 1 saturated heterocycles. The van der Waals surface area contributed by atoms with E-state index in [1.165, 1.54) is 22.3 Å². The number of hydrogen-bond donors (Lipinski definition) is 1. The van der Waals surface area contributed by atoms with E-state index in [2.05, 4.69) is 82.5 Å². The summed E-state index contributed by atoms with van der Waals surface area (Å²) in [4.78, 5) is 2.60. The van der Waals surface area contributed by atoms with Gasteiger partial charge in [-0.3, -0.25) is 4.90 Å². The summed E-state index contributed by atoms with van der Waals surface area (Å²) >= 11 is 3.63. The van der Waals surface area contributed by atoms with Gasteiger partial charge >= 0.3 is 0 Å². The standard InChI is InChI=1S/C19H23BrN2/c1-14-6-7-15(2)18(12-14)19(22-10-8-21-9-11-22)16-4-3-5-17(20)13-16/h3-7,12-13,19,21H,8-11H2,1-2H3. The van der Waals surface area contributed by atoms with Crippen LogP contribution in [0.4, 0.5) is 0 Å². The molecule has 1 N–H and O–H groups in total. The molecule has 0 aliphatic carbocycles. The fourth-order valence-electron chi connectivity index (χ4n) is 3.26. The molecule has 2 aromatic carbocycles. The summed E-state index contributed by atoms with van der Waals surface area (Å²) in [5.41, 5.74) is 5.50. The van der Waals surface area contributed by atoms with Crippen molar-refractivity contribution in [2.24, 2.45) is 0 Å². The molecule has 1 aliphatic heterocycles. The lowest BCUT2D eigenvalue weighted by Crippen LogP contribution is -2.45. The summed E-state index contributed by atoms with van der Waals surface area (Å²) in [6, 6.07) is 15.9. The molecule has 1 heterocycles. The molecule has 0 saturated carbocycles. The number of benzene rings is 2. The van der Waals surface area contributed by atoms with Crippen LogP contribution in [0.3, 0.4) is 0 Å². The van der Waals surface area contributed by atoms with Crippen LogP contribution >= 0.6 is 15.9 Å². The topological polar surface area (TPSA) is 15.3 Å². The Morgan fingerprint density at radius 2 is 1.82 bits per heavy atom. The van der Waals surface area contributed by atoms with Crippen molar-refractivity contribution >= 4 is 15.9 Å². The smallest absolute Gasteiger partial charge is 0.0605 e. The molecule has 2 nitrogen and oxygen atoms in total. The maximum absolute atomic E-state index is 3.63. The first kappa shape index (κ1) is 15.7. The Labute approximate surface area is 141 Å². The first-order valence-corrected chi connectivity index (χ1v) is 8.72. The van der Waals surface area contributed by atoms with E-state index in [9.17, 15) is 0 Å². The van der Waals surface area contributed by atoms with Crippen LogP contribution in [0, 0.1) is 13.8 Å². The summed E-state index contributed by atoms with van der Waals surface area (Å²) in [6.45, 7) is 8.71. The molecule has 0 amide bonds. The first-order valence-electron chi connectivity index (χ1n) is 7.92. The van der Waals surface area contributed by atoms with Gasteiger partial charge in [0.1, 0.15) is 0 Å². The van der Waals surface area contributed by atoms with E-state index < -0.39 is 0 Å². The third kappa shape index (κ3) is 3.43. The molecular weight excluding hydrogens is 336 g/mol. The van der Waals surface area contributed by atoms with Gasteiger partial charge in [0.2, 0.25) is 0 Å². The average Bonchev–Trinajstić information content (AvgIpc) is 2.52. The number of aryl methyl sites for hydroxylation is 2. The van der Waals surface area contributed by atoms with Gasteiger partial charge in [-0.15, -0.1) is 0 Å². The lowest BCUT2D eigenvalue weighted by atomic mass is 9.92. The third-order valence-corrected chi connectivity index (χ3v) is 4.90. The van der Waals surface area contributed by atoms with Crippen LogP contribution < -0.4 is 5.32 Å². The Bertz CT molecular complexity index is 648. The van der Waals surface area contributed by atoms with Crippen molar-refractivity contribution in [3.05, 3.63) is 69.2 Å². The highest BCUT2D eigenvalue weighted by molar-refractivity contribution is 9.10. The van der Waals surface area contributed by atoms with Crippen molar-refractivity contribution in [2.75, 3.05) is 26.2 Å². The zero-order valence-corrected chi connectivity index (χ0v) is 14.9. The maximum atomic E-state index is 3.63. The lowest BCUT2D eigenvalue weighted by molar-refractivity contribution is 0.198. The van der Waals surface area contributed by atoms with E-state index in [4.69, 9.17) is 0 Å². The molecule has 1 fully saturated rings. The van der Waals surface area contributed by atoms with Gasteiger partial charge in [0, 0.05) is 30.7 Å². The minimum Gasteiger partial charge on any atom is -0.314 e. The number of nitrogens with one attached hydrogen (secondary N) is 1. The SMILES string of the molecule is Cc1ccc(C)c(C(c2cccc(Br)c2)N2CCNCC2)c1. The average molecular weight is 359 g/mol. The Morgan fingerprint density at radius 1 is 1.05 bits per heavy atom. The monoisotopic (exact) mass is 358 g/mol. The van der Waals surface area contributed by atoms with Crippen LogP contribution in [0.1, 0.15) is 28.3 Å². The quantitative estimate of drug-likeness (QED) is 0.889. The van der Waals surface area contributed by atoms with Crippen molar-refractivity contribution < 1.29 is 0 Å². The summed E-state index contributed by atoms with van der Waals surface area (Å²) in [5, 5.41) is 3.46. The van der Waals surface area contributed by atoms with E-state index in [1.807, 2.05) is 0 Å².